The Morgan fingerprint density at radius 1 is 1.35 bits per heavy atom. The molecule has 0 unspecified atom stereocenters. The van der Waals surface area contributed by atoms with Crippen molar-refractivity contribution in [3.8, 4) is 17.6 Å². The summed E-state index contributed by atoms with van der Waals surface area (Å²) >= 11 is 0. The first-order chi connectivity index (χ1) is 8.02. The molecule has 1 heterocycles. The largest absolute Gasteiger partial charge is 0.486 e. The van der Waals surface area contributed by atoms with Gasteiger partial charge in [-0.25, -0.2) is 13.6 Å². The van der Waals surface area contributed by atoms with Gasteiger partial charge in [-0.3, -0.25) is 0 Å². The summed E-state index contributed by atoms with van der Waals surface area (Å²) in [5.41, 5.74) is 0.528. The zero-order valence-corrected chi connectivity index (χ0v) is 9.66. The Hall–Kier alpha value is -1.78. The lowest BCUT2D eigenvalue weighted by atomic mass is 10.1. The van der Waals surface area contributed by atoms with E-state index in [1.807, 2.05) is 6.07 Å². The Kier molecular flexibility index (Phi) is 2.92. The first kappa shape index (κ1) is 11.7. The highest BCUT2D eigenvalue weighted by atomic mass is 32.2. The van der Waals surface area contributed by atoms with Gasteiger partial charge in [0.05, 0.1) is 12.5 Å². The van der Waals surface area contributed by atoms with Gasteiger partial charge in [0.1, 0.15) is 18.1 Å². The highest BCUT2D eigenvalue weighted by Gasteiger charge is 2.23. The van der Waals surface area contributed by atoms with Crippen molar-refractivity contribution in [3.63, 3.8) is 0 Å². The number of fused-ring (bicyclic) bond motifs is 1. The van der Waals surface area contributed by atoms with Gasteiger partial charge < -0.3 is 9.47 Å². The van der Waals surface area contributed by atoms with Crippen LogP contribution in [-0.2, 0) is 16.4 Å². The van der Waals surface area contributed by atoms with E-state index in [1.54, 1.807) is 6.07 Å². The average molecular weight is 254 g/mol. The maximum atomic E-state index is 11.4. The van der Waals surface area contributed by atoms with Crippen LogP contribution in [0.4, 0.5) is 0 Å². The number of hydrogen-bond acceptors (Lipinski definition) is 5. The zero-order valence-electron chi connectivity index (χ0n) is 8.84. The molecule has 1 aliphatic heterocycles. The van der Waals surface area contributed by atoms with Crippen LogP contribution in [0.5, 0.6) is 11.5 Å². The SMILES string of the molecule is N#CCc1cc2c(c(S(N)(=O)=O)c1)OCCO2. The van der Waals surface area contributed by atoms with E-state index in [0.717, 1.165) is 0 Å². The van der Waals surface area contributed by atoms with E-state index in [9.17, 15) is 8.42 Å². The lowest BCUT2D eigenvalue weighted by Crippen LogP contribution is -2.20. The second kappa shape index (κ2) is 4.24. The van der Waals surface area contributed by atoms with Crippen LogP contribution in [0.1, 0.15) is 5.56 Å². The predicted octanol–water partition coefficient (Wildman–Crippen LogP) is 0.171. The second-order valence-electron chi connectivity index (χ2n) is 3.50. The third-order valence-electron chi connectivity index (χ3n) is 2.26. The number of nitrogens with zero attached hydrogens (tertiary/aromatic N) is 1. The van der Waals surface area contributed by atoms with Crippen LogP contribution in [0.3, 0.4) is 0 Å². The highest BCUT2D eigenvalue weighted by Crippen LogP contribution is 2.37. The molecule has 0 spiro atoms. The minimum Gasteiger partial charge on any atom is -0.486 e. The van der Waals surface area contributed by atoms with Crippen molar-refractivity contribution in [1.82, 2.24) is 0 Å². The Morgan fingerprint density at radius 2 is 2.06 bits per heavy atom. The van der Waals surface area contributed by atoms with Crippen molar-refractivity contribution in [2.45, 2.75) is 11.3 Å². The van der Waals surface area contributed by atoms with Crippen LogP contribution < -0.4 is 14.6 Å². The molecule has 6 nitrogen and oxygen atoms in total. The van der Waals surface area contributed by atoms with Crippen LogP contribution in [0.15, 0.2) is 17.0 Å². The summed E-state index contributed by atoms with van der Waals surface area (Å²) in [5, 5.41) is 13.7. The van der Waals surface area contributed by atoms with Gasteiger partial charge in [-0.05, 0) is 17.7 Å². The number of nitriles is 1. The quantitative estimate of drug-likeness (QED) is 0.810. The topological polar surface area (TPSA) is 102 Å². The van der Waals surface area contributed by atoms with Gasteiger partial charge in [0.2, 0.25) is 10.0 Å². The first-order valence-corrected chi connectivity index (χ1v) is 6.39. The fraction of sp³-hybridized carbons (Fsp3) is 0.300. The van der Waals surface area contributed by atoms with Crippen LogP contribution >= 0.6 is 0 Å². The van der Waals surface area contributed by atoms with E-state index >= 15 is 0 Å². The van der Waals surface area contributed by atoms with E-state index in [1.165, 1.54) is 6.07 Å². The van der Waals surface area contributed by atoms with E-state index in [-0.39, 0.29) is 23.7 Å². The Balaban J connectivity index is 2.63. The van der Waals surface area contributed by atoms with Crippen LogP contribution in [-0.4, -0.2) is 21.6 Å². The van der Waals surface area contributed by atoms with Crippen LogP contribution in [0.25, 0.3) is 0 Å². The lowest BCUT2D eigenvalue weighted by Gasteiger charge is -2.21. The molecule has 17 heavy (non-hydrogen) atoms. The van der Waals surface area contributed by atoms with Gasteiger partial charge in [-0.1, -0.05) is 0 Å². The molecule has 90 valence electrons. The summed E-state index contributed by atoms with van der Waals surface area (Å²) < 4.78 is 33.4. The fourth-order valence-electron chi connectivity index (χ4n) is 1.58. The Bertz CT molecular complexity index is 589. The highest BCUT2D eigenvalue weighted by molar-refractivity contribution is 7.89. The summed E-state index contributed by atoms with van der Waals surface area (Å²) in [4.78, 5) is -0.139. The van der Waals surface area contributed by atoms with E-state index in [4.69, 9.17) is 19.9 Å². The normalized spacial score (nSPS) is 14.1. The van der Waals surface area contributed by atoms with Gasteiger partial charge >= 0.3 is 0 Å². The van der Waals surface area contributed by atoms with Crippen LogP contribution in [0, 0.1) is 11.3 Å². The Labute approximate surface area is 98.6 Å². The molecule has 0 aliphatic carbocycles. The standard InChI is InChI=1S/C10H10N2O4S/c11-2-1-7-5-8-10(16-4-3-15-8)9(6-7)17(12,13)14/h5-6H,1,3-4H2,(H2,12,13,14). The molecule has 0 aromatic heterocycles. The molecule has 0 radical (unpaired) electrons. The lowest BCUT2D eigenvalue weighted by molar-refractivity contribution is 0.166. The number of ether oxygens (including phenoxy) is 2. The summed E-state index contributed by atoms with van der Waals surface area (Å²) in [6.45, 7) is 0.611. The van der Waals surface area contributed by atoms with Gasteiger partial charge in [-0.15, -0.1) is 0 Å². The molecule has 0 saturated carbocycles. The van der Waals surface area contributed by atoms with E-state index in [2.05, 4.69) is 0 Å². The van der Waals surface area contributed by atoms with Gasteiger partial charge in [0.25, 0.3) is 0 Å². The van der Waals surface area contributed by atoms with Crippen molar-refractivity contribution in [1.29, 1.82) is 5.26 Å². The molecular formula is C10H10N2O4S. The molecule has 0 amide bonds. The molecule has 1 aliphatic rings. The molecule has 1 aromatic rings. The summed E-state index contributed by atoms with van der Waals surface area (Å²) in [7, 11) is -3.90. The van der Waals surface area contributed by atoms with Crippen molar-refractivity contribution in [3.05, 3.63) is 17.7 Å². The Morgan fingerprint density at radius 3 is 2.71 bits per heavy atom. The monoisotopic (exact) mass is 254 g/mol. The van der Waals surface area contributed by atoms with Crippen LogP contribution in [0.2, 0.25) is 0 Å². The molecule has 1 aromatic carbocycles. The van der Waals surface area contributed by atoms with E-state index < -0.39 is 10.0 Å². The molecule has 0 bridgehead atoms. The van der Waals surface area contributed by atoms with Crippen molar-refractivity contribution in [2.75, 3.05) is 13.2 Å². The van der Waals surface area contributed by atoms with Crippen molar-refractivity contribution >= 4 is 10.0 Å². The molecule has 2 N–H and O–H groups in total. The summed E-state index contributed by atoms with van der Waals surface area (Å²) in [6.07, 6.45) is 0.0825. The average Bonchev–Trinajstić information content (AvgIpc) is 2.27. The number of rotatable bonds is 2. The molecule has 0 atom stereocenters. The maximum absolute atomic E-state index is 11.4. The smallest absolute Gasteiger partial charge is 0.241 e. The third-order valence-corrected chi connectivity index (χ3v) is 3.17. The molecular weight excluding hydrogens is 244 g/mol. The number of sulfonamides is 1. The number of benzene rings is 1. The fourth-order valence-corrected chi connectivity index (χ4v) is 2.31. The minimum atomic E-state index is -3.90. The second-order valence-corrected chi connectivity index (χ2v) is 5.03. The molecule has 0 saturated heterocycles. The molecule has 0 fully saturated rings. The predicted molar refractivity (Wildman–Crippen MR) is 58.1 cm³/mol. The van der Waals surface area contributed by atoms with Gasteiger partial charge in [0, 0.05) is 0 Å². The zero-order chi connectivity index (χ0) is 12.5. The third kappa shape index (κ3) is 2.33. The summed E-state index contributed by atoms with van der Waals surface area (Å²) in [5.74, 6) is 0.438. The first-order valence-electron chi connectivity index (χ1n) is 4.84. The minimum absolute atomic E-state index is 0.0825. The molecule has 2 rings (SSSR count). The summed E-state index contributed by atoms with van der Waals surface area (Å²) in [6, 6.07) is 4.87. The van der Waals surface area contributed by atoms with Crippen molar-refractivity contribution < 1.29 is 17.9 Å². The molecule has 7 heteroatoms. The van der Waals surface area contributed by atoms with E-state index in [0.29, 0.717) is 17.9 Å². The number of nitrogens with two attached hydrogens (primary N) is 1. The number of primary sulfonamides is 1. The number of hydrogen-bond donors (Lipinski definition) is 1. The van der Waals surface area contributed by atoms with Crippen molar-refractivity contribution in [2.24, 2.45) is 5.14 Å². The maximum Gasteiger partial charge on any atom is 0.241 e. The van der Waals surface area contributed by atoms with Gasteiger partial charge in [0.15, 0.2) is 11.5 Å². The van der Waals surface area contributed by atoms with Gasteiger partial charge in [-0.2, -0.15) is 5.26 Å².